The summed E-state index contributed by atoms with van der Waals surface area (Å²) < 4.78 is 8.29. The van der Waals surface area contributed by atoms with Gasteiger partial charge in [-0.2, -0.15) is 4.99 Å². The van der Waals surface area contributed by atoms with E-state index in [1.54, 1.807) is 0 Å². The Hall–Kier alpha value is -4.57. The van der Waals surface area contributed by atoms with Crippen molar-refractivity contribution >= 4 is 35.4 Å². The van der Waals surface area contributed by atoms with E-state index in [-0.39, 0.29) is 0 Å². The van der Waals surface area contributed by atoms with Crippen molar-refractivity contribution in [1.82, 2.24) is 4.57 Å². The van der Waals surface area contributed by atoms with Crippen LogP contribution < -0.4 is 21.3 Å². The third-order valence-electron chi connectivity index (χ3n) is 6.68. The Balaban J connectivity index is 1.55. The molecule has 0 aliphatic carbocycles. The summed E-state index contributed by atoms with van der Waals surface area (Å²) in [5.41, 5.74) is 10.1. The maximum Gasteiger partial charge on any atom is 0.302 e. The molecule has 5 rings (SSSR count). The van der Waals surface area contributed by atoms with E-state index in [1.807, 2.05) is 22.8 Å². The van der Waals surface area contributed by atoms with Gasteiger partial charge in [-0.3, -0.25) is 4.57 Å². The molecule has 190 valence electrons. The molecular formula is C34H33N3O. The predicted octanol–water partition coefficient (Wildman–Crippen LogP) is 6.97. The molecule has 0 N–H and O–H groups in total. The van der Waals surface area contributed by atoms with Gasteiger partial charge in [-0.15, -0.1) is 0 Å². The quantitative estimate of drug-likeness (QED) is 0.253. The Morgan fingerprint density at radius 1 is 0.789 bits per heavy atom. The van der Waals surface area contributed by atoms with Gasteiger partial charge in [0.1, 0.15) is 0 Å². The van der Waals surface area contributed by atoms with Crippen LogP contribution in [0.15, 0.2) is 106 Å². The molecule has 0 spiro atoms. The van der Waals surface area contributed by atoms with Crippen molar-refractivity contribution in [1.29, 1.82) is 0 Å². The Morgan fingerprint density at radius 3 is 1.84 bits per heavy atom. The van der Waals surface area contributed by atoms with Crippen LogP contribution in [-0.2, 0) is 6.54 Å². The van der Waals surface area contributed by atoms with Crippen LogP contribution in [0.3, 0.4) is 0 Å². The predicted molar refractivity (Wildman–Crippen MR) is 158 cm³/mol. The molecule has 0 radical (unpaired) electrons. The number of para-hydroxylation sites is 2. The number of nitrogens with zero attached hydrogens (tertiary/aromatic N) is 3. The molecule has 4 nitrogen and oxygen atoms in total. The van der Waals surface area contributed by atoms with Gasteiger partial charge in [0, 0.05) is 23.6 Å². The molecule has 0 atom stereocenters. The summed E-state index contributed by atoms with van der Waals surface area (Å²) in [6, 6.07) is 33.6. The Bertz CT molecular complexity index is 1670. The van der Waals surface area contributed by atoms with Gasteiger partial charge in [-0.05, 0) is 86.9 Å². The molecule has 1 aromatic heterocycles. The first-order valence-corrected chi connectivity index (χ1v) is 13.0. The van der Waals surface area contributed by atoms with Gasteiger partial charge < -0.3 is 9.32 Å². The third kappa shape index (κ3) is 5.12. The smallest absolute Gasteiger partial charge is 0.302 e. The summed E-state index contributed by atoms with van der Waals surface area (Å²) in [5, 5.41) is 0.813. The first kappa shape index (κ1) is 25.1. The van der Waals surface area contributed by atoms with Crippen LogP contribution in [0.25, 0.3) is 12.7 Å². The number of rotatable bonds is 6. The van der Waals surface area contributed by atoms with Crippen LogP contribution in [0.2, 0.25) is 0 Å². The van der Waals surface area contributed by atoms with E-state index >= 15 is 0 Å². The van der Waals surface area contributed by atoms with Crippen molar-refractivity contribution in [3.8, 4) is 0 Å². The zero-order valence-corrected chi connectivity index (χ0v) is 22.5. The van der Waals surface area contributed by atoms with Crippen LogP contribution in [0.4, 0.5) is 22.7 Å². The topological polar surface area (TPSA) is 33.7 Å². The van der Waals surface area contributed by atoms with Crippen molar-refractivity contribution in [2.45, 2.75) is 34.2 Å². The van der Waals surface area contributed by atoms with Gasteiger partial charge in [0.05, 0.1) is 11.0 Å². The van der Waals surface area contributed by atoms with Crippen molar-refractivity contribution in [2.75, 3.05) is 4.90 Å². The lowest BCUT2D eigenvalue weighted by Gasteiger charge is -2.25. The highest BCUT2D eigenvalue weighted by Gasteiger charge is 2.12. The highest BCUT2D eigenvalue weighted by Crippen LogP contribution is 2.34. The van der Waals surface area contributed by atoms with Crippen LogP contribution >= 0.6 is 0 Å². The minimum atomic E-state index is 0.565. The number of benzene rings is 4. The van der Waals surface area contributed by atoms with E-state index in [0.717, 1.165) is 51.3 Å². The van der Waals surface area contributed by atoms with Crippen molar-refractivity contribution < 1.29 is 4.42 Å². The number of hydrogen-bond acceptors (Lipinski definition) is 3. The SMILES string of the molecule is C=c1/c(=C\c2ccc(N(c3ccccc3)c3ccccc3)cc2)oc(=Nc2c(C)cc(C)cc2C)n1CC. The second kappa shape index (κ2) is 10.8. The average Bonchev–Trinajstić information content (AvgIpc) is 3.22. The lowest BCUT2D eigenvalue weighted by atomic mass is 10.1. The first-order valence-electron chi connectivity index (χ1n) is 13.0. The van der Waals surface area contributed by atoms with Gasteiger partial charge >= 0.3 is 5.68 Å². The molecule has 0 saturated heterocycles. The second-order valence-corrected chi connectivity index (χ2v) is 9.54. The number of hydrogen-bond donors (Lipinski definition) is 0. The zero-order chi connectivity index (χ0) is 26.6. The first-order chi connectivity index (χ1) is 18.4. The molecule has 0 saturated carbocycles. The van der Waals surface area contributed by atoms with E-state index in [9.17, 15) is 0 Å². The van der Waals surface area contributed by atoms with Crippen molar-refractivity contribution in [3.63, 3.8) is 0 Å². The molecule has 0 aliphatic rings. The summed E-state index contributed by atoms with van der Waals surface area (Å²) >= 11 is 0. The molecule has 0 amide bonds. The second-order valence-electron chi connectivity index (χ2n) is 9.54. The van der Waals surface area contributed by atoms with Crippen LogP contribution in [0, 0.1) is 20.8 Å². The number of oxazole rings is 1. The minimum Gasteiger partial charge on any atom is -0.423 e. The minimum absolute atomic E-state index is 0.565. The molecule has 38 heavy (non-hydrogen) atoms. The molecule has 0 aliphatic heterocycles. The summed E-state index contributed by atoms with van der Waals surface area (Å²) in [7, 11) is 0. The van der Waals surface area contributed by atoms with Crippen LogP contribution in [-0.4, -0.2) is 4.57 Å². The normalized spacial score (nSPS) is 12.2. The summed E-state index contributed by atoms with van der Waals surface area (Å²) in [5.74, 6) is 0. The van der Waals surface area contributed by atoms with Crippen molar-refractivity contribution in [2.24, 2.45) is 4.99 Å². The fraction of sp³-hybridized carbons (Fsp3) is 0.147. The lowest BCUT2D eigenvalue weighted by molar-refractivity contribution is 0.446. The average molecular weight is 500 g/mol. The van der Waals surface area contributed by atoms with E-state index in [2.05, 4.69) is 124 Å². The molecule has 0 fully saturated rings. The lowest BCUT2D eigenvalue weighted by Crippen LogP contribution is -2.30. The van der Waals surface area contributed by atoms with Crippen LogP contribution in [0.1, 0.15) is 29.2 Å². The number of aryl methyl sites for hydroxylation is 3. The van der Waals surface area contributed by atoms with Gasteiger partial charge in [-0.1, -0.05) is 72.8 Å². The molecule has 1 heterocycles. The Morgan fingerprint density at radius 2 is 1.32 bits per heavy atom. The molecule has 4 heteroatoms. The standard InChI is InChI=1S/C34H33N3O/c1-6-36-27(5)32(38-34(36)35-33-25(3)21-24(2)22-26(33)4)23-28-17-19-31(20-18-28)37(29-13-9-7-10-14-29)30-15-11-8-12-16-30/h7-23H,5-6H2,1-4H3/b32-23+,35-34?. The van der Waals surface area contributed by atoms with E-state index in [1.165, 1.54) is 5.56 Å². The maximum atomic E-state index is 6.27. The fourth-order valence-corrected chi connectivity index (χ4v) is 4.90. The zero-order valence-electron chi connectivity index (χ0n) is 22.5. The van der Waals surface area contributed by atoms with Crippen LogP contribution in [0.5, 0.6) is 0 Å². The summed E-state index contributed by atoms with van der Waals surface area (Å²) in [6.45, 7) is 13.4. The van der Waals surface area contributed by atoms with Gasteiger partial charge in [0.15, 0.2) is 5.42 Å². The number of aromatic nitrogens is 1. The van der Waals surface area contributed by atoms with E-state index in [4.69, 9.17) is 9.41 Å². The molecule has 4 aromatic carbocycles. The van der Waals surface area contributed by atoms with Gasteiger partial charge in [-0.25, -0.2) is 0 Å². The van der Waals surface area contributed by atoms with E-state index in [0.29, 0.717) is 11.1 Å². The van der Waals surface area contributed by atoms with Crippen molar-refractivity contribution in [3.05, 3.63) is 136 Å². The number of anilines is 3. The highest BCUT2D eigenvalue weighted by atomic mass is 16.3. The molecule has 5 aromatic rings. The maximum absolute atomic E-state index is 6.27. The summed E-state index contributed by atoms with van der Waals surface area (Å²) in [6.07, 6.45) is 2.03. The Kier molecular flexibility index (Phi) is 7.14. The largest absolute Gasteiger partial charge is 0.423 e. The monoisotopic (exact) mass is 499 g/mol. The molecule has 0 unspecified atom stereocenters. The molecule has 0 bridgehead atoms. The van der Waals surface area contributed by atoms with Gasteiger partial charge in [0.25, 0.3) is 0 Å². The highest BCUT2D eigenvalue weighted by molar-refractivity contribution is 5.76. The van der Waals surface area contributed by atoms with E-state index < -0.39 is 0 Å². The Labute approximate surface area is 224 Å². The molecular weight excluding hydrogens is 466 g/mol. The van der Waals surface area contributed by atoms with Gasteiger partial charge in [0.2, 0.25) is 0 Å². The fourth-order valence-electron chi connectivity index (χ4n) is 4.90. The third-order valence-corrected chi connectivity index (χ3v) is 6.68. The summed E-state index contributed by atoms with van der Waals surface area (Å²) in [4.78, 5) is 7.16.